The molecular formula is C52H60N6O5. The predicted octanol–water partition coefficient (Wildman–Crippen LogP) is 8.41. The van der Waals surface area contributed by atoms with Crippen molar-refractivity contribution >= 4 is 50.9 Å². The Bertz CT molecular complexity index is 2760. The van der Waals surface area contributed by atoms with Gasteiger partial charge in [-0.2, -0.15) is 0 Å². The lowest BCUT2D eigenvalue weighted by Gasteiger charge is -2.32. The summed E-state index contributed by atoms with van der Waals surface area (Å²) >= 11 is 0. The van der Waals surface area contributed by atoms with Gasteiger partial charge in [-0.15, -0.1) is 0 Å². The van der Waals surface area contributed by atoms with Crippen LogP contribution in [0.5, 0.6) is 0 Å². The minimum absolute atomic E-state index is 0.0233. The van der Waals surface area contributed by atoms with Crippen LogP contribution in [0.4, 0.5) is 11.4 Å². The van der Waals surface area contributed by atoms with Crippen LogP contribution in [-0.2, 0) is 17.9 Å². The normalized spacial score (nSPS) is 14.6. The Labute approximate surface area is 369 Å². The number of amides is 3. The highest BCUT2D eigenvalue weighted by molar-refractivity contribution is 6.08. The first kappa shape index (κ1) is 44.7. The van der Waals surface area contributed by atoms with Crippen LogP contribution in [0.15, 0.2) is 107 Å². The highest BCUT2D eigenvalue weighted by atomic mass is 16.2. The molecule has 11 nitrogen and oxygen atoms in total. The van der Waals surface area contributed by atoms with Crippen molar-refractivity contribution < 1.29 is 14.4 Å². The monoisotopic (exact) mass is 848 g/mol. The molecule has 0 spiro atoms. The van der Waals surface area contributed by atoms with E-state index in [9.17, 15) is 24.0 Å². The fourth-order valence-electron chi connectivity index (χ4n) is 9.21. The summed E-state index contributed by atoms with van der Waals surface area (Å²) in [6, 6.07) is 30.7. The molecule has 4 heterocycles. The average Bonchev–Trinajstić information content (AvgIpc) is 3.31. The minimum atomic E-state index is -0.0904. The number of fused-ring (bicyclic) bond motifs is 2. The average molecular weight is 849 g/mol. The lowest BCUT2D eigenvalue weighted by atomic mass is 9.87. The standard InChI is InChI=1S/C27H31N3O3.C25H29N3O2/c1-5-30-25-11-8-21(27(33)28(4)22-9-6-18(2)7-10-22)16-24(25)23(17-26(30)32)20-12-14-29(15-13-20)19(3)31;1-4-28-23-10-7-19(25(30)27(3)20-8-5-17(2)6-9-20)15-22(23)21(16-24(28)29)18-11-13-26-14-12-18/h6-11,16-17,20H,5,12-15H2,1-4H3;5-10,15-16,18,26H,4,11-14H2,1-3H3. The molecule has 2 aromatic heterocycles. The van der Waals surface area contributed by atoms with Crippen LogP contribution >= 0.6 is 0 Å². The van der Waals surface area contributed by atoms with E-state index in [-0.39, 0.29) is 34.8 Å². The highest BCUT2D eigenvalue weighted by Crippen LogP contribution is 2.34. The molecule has 6 aromatic rings. The van der Waals surface area contributed by atoms with Crippen LogP contribution in [0, 0.1) is 13.8 Å². The number of rotatable bonds is 8. The van der Waals surface area contributed by atoms with Gasteiger partial charge in [0, 0.05) is 92.6 Å². The molecule has 0 radical (unpaired) electrons. The second kappa shape index (κ2) is 19.4. The number of benzene rings is 4. The summed E-state index contributed by atoms with van der Waals surface area (Å²) < 4.78 is 3.54. The Morgan fingerprint density at radius 2 is 0.984 bits per heavy atom. The van der Waals surface area contributed by atoms with Gasteiger partial charge < -0.3 is 29.2 Å². The number of nitrogens with one attached hydrogen (secondary N) is 1. The SMILES string of the molecule is CCn1c(=O)cc(C2CCN(C(C)=O)CC2)c2cc(C(=O)N(C)c3ccc(C)cc3)ccc21.CCn1c(=O)cc(C2CCNCC2)c2cc(C(=O)N(C)c3ccc(C)cc3)ccc21. The van der Waals surface area contributed by atoms with Gasteiger partial charge in [0.05, 0.1) is 11.0 Å². The zero-order chi connectivity index (χ0) is 44.9. The molecule has 2 aliphatic rings. The lowest BCUT2D eigenvalue weighted by Crippen LogP contribution is -2.36. The summed E-state index contributed by atoms with van der Waals surface area (Å²) in [5, 5.41) is 5.36. The zero-order valence-electron chi connectivity index (χ0n) is 37.7. The number of anilines is 2. The number of likely N-dealkylation sites (tertiary alicyclic amines) is 1. The molecule has 0 unspecified atom stereocenters. The van der Waals surface area contributed by atoms with Gasteiger partial charge in [0.25, 0.3) is 22.9 Å². The van der Waals surface area contributed by atoms with Crippen molar-refractivity contribution in [1.82, 2.24) is 19.4 Å². The van der Waals surface area contributed by atoms with E-state index in [2.05, 4.69) is 5.32 Å². The highest BCUT2D eigenvalue weighted by Gasteiger charge is 2.26. The zero-order valence-corrected chi connectivity index (χ0v) is 37.7. The summed E-state index contributed by atoms with van der Waals surface area (Å²) in [6.07, 6.45) is 3.63. The van der Waals surface area contributed by atoms with Crippen molar-refractivity contribution in [3.8, 4) is 0 Å². The van der Waals surface area contributed by atoms with E-state index in [1.807, 2.05) is 118 Å². The molecule has 1 N–H and O–H groups in total. The summed E-state index contributed by atoms with van der Waals surface area (Å²) in [5.41, 5.74) is 9.07. The number of hydrogen-bond donors (Lipinski definition) is 1. The fourth-order valence-corrected chi connectivity index (χ4v) is 9.21. The van der Waals surface area contributed by atoms with Gasteiger partial charge >= 0.3 is 0 Å². The molecule has 2 saturated heterocycles. The number of aryl methyl sites for hydroxylation is 4. The predicted molar refractivity (Wildman–Crippen MR) is 255 cm³/mol. The number of nitrogens with zero attached hydrogens (tertiary/aromatic N) is 5. The Balaban J connectivity index is 0.000000190. The van der Waals surface area contributed by atoms with E-state index in [0.717, 1.165) is 94.2 Å². The van der Waals surface area contributed by atoms with Crippen molar-refractivity contribution in [2.75, 3.05) is 50.1 Å². The largest absolute Gasteiger partial charge is 0.343 e. The summed E-state index contributed by atoms with van der Waals surface area (Å²) in [6.45, 7) is 14.0. The van der Waals surface area contributed by atoms with Crippen LogP contribution < -0.4 is 26.2 Å². The molecule has 63 heavy (non-hydrogen) atoms. The summed E-state index contributed by atoms with van der Waals surface area (Å²) in [5.74, 6) is 0.473. The number of carbonyl (C=O) groups is 3. The van der Waals surface area contributed by atoms with Crippen molar-refractivity contribution in [3.05, 3.63) is 151 Å². The number of aromatic nitrogens is 2. The fraction of sp³-hybridized carbons (Fsp3) is 0.365. The van der Waals surface area contributed by atoms with Crippen molar-refractivity contribution in [2.24, 2.45) is 0 Å². The first-order chi connectivity index (χ1) is 30.3. The van der Waals surface area contributed by atoms with Gasteiger partial charge in [0.15, 0.2) is 0 Å². The molecule has 3 amide bonds. The third kappa shape index (κ3) is 9.54. The second-order valence-corrected chi connectivity index (χ2v) is 17.0. The lowest BCUT2D eigenvalue weighted by molar-refractivity contribution is -0.129. The van der Waals surface area contributed by atoms with Gasteiger partial charge in [0.1, 0.15) is 0 Å². The van der Waals surface area contributed by atoms with Gasteiger partial charge in [-0.1, -0.05) is 35.4 Å². The van der Waals surface area contributed by atoms with E-state index < -0.39 is 0 Å². The van der Waals surface area contributed by atoms with Crippen LogP contribution in [0.2, 0.25) is 0 Å². The summed E-state index contributed by atoms with van der Waals surface area (Å²) in [7, 11) is 3.58. The number of piperidine rings is 2. The molecule has 8 rings (SSSR count). The van der Waals surface area contributed by atoms with Gasteiger partial charge in [-0.3, -0.25) is 24.0 Å². The third-order valence-electron chi connectivity index (χ3n) is 13.0. The summed E-state index contributed by atoms with van der Waals surface area (Å²) in [4.78, 5) is 69.1. The first-order valence-corrected chi connectivity index (χ1v) is 22.3. The Morgan fingerprint density at radius 3 is 1.37 bits per heavy atom. The Morgan fingerprint density at radius 1 is 0.587 bits per heavy atom. The Hall–Kier alpha value is -6.33. The van der Waals surface area contributed by atoms with E-state index >= 15 is 0 Å². The molecule has 328 valence electrons. The third-order valence-corrected chi connectivity index (χ3v) is 13.0. The quantitative estimate of drug-likeness (QED) is 0.165. The van der Waals surface area contributed by atoms with Crippen molar-refractivity contribution in [3.63, 3.8) is 0 Å². The van der Waals surface area contributed by atoms with Crippen LogP contribution in [-0.4, -0.2) is 72.0 Å². The maximum absolute atomic E-state index is 13.3. The van der Waals surface area contributed by atoms with E-state index in [1.54, 1.807) is 52.1 Å². The number of pyridine rings is 2. The van der Waals surface area contributed by atoms with Gasteiger partial charge in [-0.05, 0) is 150 Å². The molecule has 11 heteroatoms. The van der Waals surface area contributed by atoms with Crippen LogP contribution in [0.25, 0.3) is 21.8 Å². The molecule has 0 atom stereocenters. The molecular weight excluding hydrogens is 789 g/mol. The van der Waals surface area contributed by atoms with E-state index in [0.29, 0.717) is 43.2 Å². The molecule has 4 aromatic carbocycles. The smallest absolute Gasteiger partial charge is 0.258 e. The Kier molecular flexibility index (Phi) is 13.8. The number of carbonyl (C=O) groups excluding carboxylic acids is 3. The van der Waals surface area contributed by atoms with Gasteiger partial charge in [-0.25, -0.2) is 0 Å². The minimum Gasteiger partial charge on any atom is -0.343 e. The maximum Gasteiger partial charge on any atom is 0.258 e. The van der Waals surface area contributed by atoms with Gasteiger partial charge in [0.2, 0.25) is 5.91 Å². The first-order valence-electron chi connectivity index (χ1n) is 22.3. The van der Waals surface area contributed by atoms with Crippen LogP contribution in [0.3, 0.4) is 0 Å². The molecule has 0 saturated carbocycles. The molecule has 0 aliphatic carbocycles. The number of hydrogen-bond acceptors (Lipinski definition) is 6. The second-order valence-electron chi connectivity index (χ2n) is 17.0. The van der Waals surface area contributed by atoms with Crippen molar-refractivity contribution in [1.29, 1.82) is 0 Å². The maximum atomic E-state index is 13.3. The molecule has 0 bridgehead atoms. The van der Waals surface area contributed by atoms with E-state index in [4.69, 9.17) is 0 Å². The molecule has 2 fully saturated rings. The molecule has 2 aliphatic heterocycles. The van der Waals surface area contributed by atoms with Crippen LogP contribution in [0.1, 0.15) is 101 Å². The topological polar surface area (TPSA) is 117 Å². The van der Waals surface area contributed by atoms with Crippen molar-refractivity contribution in [2.45, 2.75) is 85.2 Å². The van der Waals surface area contributed by atoms with E-state index in [1.165, 1.54) is 0 Å².